The molecule has 0 aliphatic carbocycles. The second-order valence-corrected chi connectivity index (χ2v) is 5.93. The Hall–Kier alpha value is -1.57. The fraction of sp³-hybridized carbons (Fsp3) is 0.692. The van der Waals surface area contributed by atoms with E-state index < -0.39 is 0 Å². The van der Waals surface area contributed by atoms with Crippen LogP contribution in [-0.2, 0) is 21.9 Å². The Morgan fingerprint density at radius 1 is 1.52 bits per heavy atom. The standard InChI is InChI=1S/C13H20N4O3S/c1-9(18)17-5-3-4-10(7-17)13(19)14-6-12-15-11(8-21-2)16-20-12/h10H,3-8H2,1-2H3,(H,14,19)/t10-/m1/s1. The van der Waals surface area contributed by atoms with Gasteiger partial charge in [0.25, 0.3) is 0 Å². The minimum atomic E-state index is -0.156. The minimum absolute atomic E-state index is 0.0195. The van der Waals surface area contributed by atoms with Gasteiger partial charge in [0.1, 0.15) is 0 Å². The number of likely N-dealkylation sites (tertiary alicyclic amines) is 1. The summed E-state index contributed by atoms with van der Waals surface area (Å²) < 4.78 is 5.06. The number of rotatable bonds is 5. The van der Waals surface area contributed by atoms with E-state index in [4.69, 9.17) is 4.52 Å². The van der Waals surface area contributed by atoms with Crippen LogP contribution in [0.25, 0.3) is 0 Å². The van der Waals surface area contributed by atoms with Crippen molar-refractivity contribution in [2.75, 3.05) is 19.3 Å². The molecule has 1 saturated heterocycles. The summed E-state index contributed by atoms with van der Waals surface area (Å²) in [5.74, 6) is 1.53. The first-order valence-electron chi connectivity index (χ1n) is 6.93. The Kier molecular flexibility index (Phi) is 5.60. The Labute approximate surface area is 127 Å². The maximum Gasteiger partial charge on any atom is 0.246 e. The number of piperidine rings is 1. The molecule has 1 aromatic heterocycles. The summed E-state index contributed by atoms with van der Waals surface area (Å²) in [6, 6.07) is 0. The van der Waals surface area contributed by atoms with Crippen molar-refractivity contribution in [2.45, 2.75) is 32.1 Å². The van der Waals surface area contributed by atoms with Gasteiger partial charge in [-0.3, -0.25) is 9.59 Å². The van der Waals surface area contributed by atoms with Crippen LogP contribution in [0, 0.1) is 5.92 Å². The molecule has 0 spiro atoms. The second-order valence-electron chi connectivity index (χ2n) is 5.06. The number of thioether (sulfide) groups is 1. The third-order valence-electron chi connectivity index (χ3n) is 3.43. The zero-order valence-corrected chi connectivity index (χ0v) is 13.1. The van der Waals surface area contributed by atoms with Gasteiger partial charge in [-0.05, 0) is 19.1 Å². The van der Waals surface area contributed by atoms with Gasteiger partial charge in [-0.1, -0.05) is 5.16 Å². The van der Waals surface area contributed by atoms with Crippen molar-refractivity contribution in [3.8, 4) is 0 Å². The Bertz CT molecular complexity index is 505. The van der Waals surface area contributed by atoms with Crippen molar-refractivity contribution in [3.05, 3.63) is 11.7 Å². The summed E-state index contributed by atoms with van der Waals surface area (Å²) in [6.07, 6.45) is 3.62. The van der Waals surface area contributed by atoms with Crippen molar-refractivity contribution >= 4 is 23.6 Å². The molecule has 1 aliphatic rings. The number of nitrogens with zero attached hydrogens (tertiary/aromatic N) is 3. The van der Waals surface area contributed by atoms with Gasteiger partial charge in [-0.15, -0.1) is 0 Å². The van der Waals surface area contributed by atoms with E-state index >= 15 is 0 Å². The zero-order chi connectivity index (χ0) is 15.2. The van der Waals surface area contributed by atoms with Crippen LogP contribution in [-0.4, -0.2) is 46.2 Å². The molecule has 0 saturated carbocycles. The van der Waals surface area contributed by atoms with E-state index in [2.05, 4.69) is 15.5 Å². The highest BCUT2D eigenvalue weighted by molar-refractivity contribution is 7.97. The molecule has 0 unspecified atom stereocenters. The van der Waals surface area contributed by atoms with E-state index in [0.29, 0.717) is 24.0 Å². The third-order valence-corrected chi connectivity index (χ3v) is 3.98. The molecule has 1 aromatic rings. The van der Waals surface area contributed by atoms with Crippen LogP contribution in [0.3, 0.4) is 0 Å². The van der Waals surface area contributed by atoms with E-state index in [1.54, 1.807) is 16.7 Å². The number of aromatic nitrogens is 2. The normalized spacial score (nSPS) is 18.6. The van der Waals surface area contributed by atoms with Crippen molar-refractivity contribution in [1.29, 1.82) is 0 Å². The molecule has 0 aromatic carbocycles. The number of carbonyl (C=O) groups is 2. The van der Waals surface area contributed by atoms with Gasteiger partial charge in [0, 0.05) is 20.0 Å². The topological polar surface area (TPSA) is 88.3 Å². The highest BCUT2D eigenvalue weighted by Gasteiger charge is 2.27. The van der Waals surface area contributed by atoms with Gasteiger partial charge in [0.05, 0.1) is 18.2 Å². The molecule has 7 nitrogen and oxygen atoms in total. The highest BCUT2D eigenvalue weighted by atomic mass is 32.2. The van der Waals surface area contributed by atoms with E-state index in [1.165, 1.54) is 6.92 Å². The first kappa shape index (κ1) is 15.8. The molecule has 8 heteroatoms. The number of hydrogen-bond donors (Lipinski definition) is 1. The maximum atomic E-state index is 12.1. The van der Waals surface area contributed by atoms with Gasteiger partial charge in [0.2, 0.25) is 17.7 Å². The molecule has 0 bridgehead atoms. The van der Waals surface area contributed by atoms with Crippen LogP contribution in [0.4, 0.5) is 0 Å². The average molecular weight is 312 g/mol. The maximum absolute atomic E-state index is 12.1. The molecule has 1 fully saturated rings. The lowest BCUT2D eigenvalue weighted by Crippen LogP contribution is -2.44. The van der Waals surface area contributed by atoms with Crippen molar-refractivity contribution in [2.24, 2.45) is 5.92 Å². The summed E-state index contributed by atoms with van der Waals surface area (Å²) in [5, 5.41) is 6.62. The van der Waals surface area contributed by atoms with E-state index in [-0.39, 0.29) is 24.3 Å². The van der Waals surface area contributed by atoms with Crippen LogP contribution in [0.5, 0.6) is 0 Å². The summed E-state index contributed by atoms with van der Waals surface area (Å²) in [5.41, 5.74) is 0. The van der Waals surface area contributed by atoms with Crippen LogP contribution >= 0.6 is 11.8 Å². The fourth-order valence-electron chi connectivity index (χ4n) is 2.33. The van der Waals surface area contributed by atoms with Crippen molar-refractivity contribution < 1.29 is 14.1 Å². The SMILES string of the molecule is CSCc1noc(CNC(=O)[C@@H]2CCCN(C(C)=O)C2)n1. The highest BCUT2D eigenvalue weighted by Crippen LogP contribution is 2.16. The first-order chi connectivity index (χ1) is 10.1. The monoisotopic (exact) mass is 312 g/mol. The molecule has 21 heavy (non-hydrogen) atoms. The lowest BCUT2D eigenvalue weighted by atomic mass is 9.97. The van der Waals surface area contributed by atoms with Crippen molar-refractivity contribution in [1.82, 2.24) is 20.4 Å². The second kappa shape index (κ2) is 7.44. The van der Waals surface area contributed by atoms with Gasteiger partial charge >= 0.3 is 0 Å². The summed E-state index contributed by atoms with van der Waals surface area (Å²) >= 11 is 1.61. The van der Waals surface area contributed by atoms with Crippen LogP contribution in [0.15, 0.2) is 4.52 Å². The number of carbonyl (C=O) groups excluding carboxylic acids is 2. The van der Waals surface area contributed by atoms with Gasteiger partial charge in [0.15, 0.2) is 5.82 Å². The lowest BCUT2D eigenvalue weighted by molar-refractivity contribution is -0.134. The quantitative estimate of drug-likeness (QED) is 0.865. The van der Waals surface area contributed by atoms with E-state index in [1.807, 2.05) is 6.26 Å². The third kappa shape index (κ3) is 4.45. The molecule has 116 valence electrons. The Morgan fingerprint density at radius 3 is 3.05 bits per heavy atom. The van der Waals surface area contributed by atoms with Crippen LogP contribution in [0.1, 0.15) is 31.5 Å². The van der Waals surface area contributed by atoms with Crippen LogP contribution < -0.4 is 5.32 Å². The van der Waals surface area contributed by atoms with Gasteiger partial charge < -0.3 is 14.7 Å². The largest absolute Gasteiger partial charge is 0.347 e. The first-order valence-corrected chi connectivity index (χ1v) is 8.33. The molecule has 2 amide bonds. The predicted molar refractivity (Wildman–Crippen MR) is 78.3 cm³/mol. The van der Waals surface area contributed by atoms with Crippen molar-refractivity contribution in [3.63, 3.8) is 0 Å². The number of hydrogen-bond acceptors (Lipinski definition) is 6. The zero-order valence-electron chi connectivity index (χ0n) is 12.3. The van der Waals surface area contributed by atoms with E-state index in [9.17, 15) is 9.59 Å². The Balaban J connectivity index is 1.82. The average Bonchev–Trinajstić information content (AvgIpc) is 2.93. The fourth-order valence-corrected chi connectivity index (χ4v) is 2.71. The molecular weight excluding hydrogens is 292 g/mol. The smallest absolute Gasteiger partial charge is 0.246 e. The van der Waals surface area contributed by atoms with Gasteiger partial charge in [-0.2, -0.15) is 16.7 Å². The van der Waals surface area contributed by atoms with E-state index in [0.717, 1.165) is 19.4 Å². The molecule has 2 rings (SSSR count). The molecule has 1 atom stereocenters. The molecule has 0 radical (unpaired) electrons. The van der Waals surface area contributed by atoms with Crippen LogP contribution in [0.2, 0.25) is 0 Å². The number of nitrogens with one attached hydrogen (secondary N) is 1. The Morgan fingerprint density at radius 2 is 2.33 bits per heavy atom. The number of amides is 2. The summed E-state index contributed by atoms with van der Waals surface area (Å²) in [7, 11) is 0. The minimum Gasteiger partial charge on any atom is -0.347 e. The van der Waals surface area contributed by atoms with Gasteiger partial charge in [-0.25, -0.2) is 0 Å². The lowest BCUT2D eigenvalue weighted by Gasteiger charge is -2.31. The molecule has 1 aliphatic heterocycles. The molecule has 1 N–H and O–H groups in total. The molecule has 2 heterocycles. The predicted octanol–water partition coefficient (Wildman–Crippen LogP) is 0.807. The molecular formula is C13H20N4O3S. The summed E-state index contributed by atoms with van der Waals surface area (Å²) in [4.78, 5) is 29.4. The summed E-state index contributed by atoms with van der Waals surface area (Å²) in [6.45, 7) is 2.99.